The highest BCUT2D eigenvalue weighted by Gasteiger charge is 2.23. The van der Waals surface area contributed by atoms with Crippen molar-refractivity contribution in [2.75, 3.05) is 13.2 Å². The van der Waals surface area contributed by atoms with Gasteiger partial charge in [0.25, 0.3) is 11.8 Å². The van der Waals surface area contributed by atoms with Gasteiger partial charge >= 0.3 is 5.97 Å². The molecule has 1 aromatic carbocycles. The van der Waals surface area contributed by atoms with Crippen LogP contribution in [0.2, 0.25) is 0 Å². The second kappa shape index (κ2) is 8.80. The second-order valence-electron chi connectivity index (χ2n) is 7.29. The maximum atomic E-state index is 11.8. The Bertz CT molecular complexity index is 737. The lowest BCUT2D eigenvalue weighted by atomic mass is 9.79. The summed E-state index contributed by atoms with van der Waals surface area (Å²) in [5.41, 5.74) is 2.31. The molecule has 27 heavy (non-hydrogen) atoms. The Kier molecular flexibility index (Phi) is 6.22. The molecule has 1 heterocycles. The van der Waals surface area contributed by atoms with Crippen molar-refractivity contribution in [2.45, 2.75) is 38.5 Å². The molecule has 0 N–H and O–H groups in total. The molecule has 2 aliphatic rings. The normalized spacial score (nSPS) is 22.6. The zero-order valence-electron chi connectivity index (χ0n) is 15.6. The highest BCUT2D eigenvalue weighted by Crippen LogP contribution is 2.35. The van der Waals surface area contributed by atoms with E-state index in [9.17, 15) is 14.4 Å². The SMILES string of the molecule is CC1CCC(c2ccc(/C=C/C(=O)OCCN3C(=O)C=CC3=O)cc2)CC1. The maximum Gasteiger partial charge on any atom is 0.330 e. The molecule has 1 aromatic rings. The zero-order chi connectivity index (χ0) is 19.2. The lowest BCUT2D eigenvalue weighted by Gasteiger charge is -2.26. The number of esters is 1. The van der Waals surface area contributed by atoms with Crippen LogP contribution in [0.1, 0.15) is 49.7 Å². The van der Waals surface area contributed by atoms with Crippen molar-refractivity contribution in [3.8, 4) is 0 Å². The first-order valence-corrected chi connectivity index (χ1v) is 9.51. The summed E-state index contributed by atoms with van der Waals surface area (Å²) in [4.78, 5) is 35.6. The summed E-state index contributed by atoms with van der Waals surface area (Å²) in [6.07, 6.45) is 10.6. The molecule has 142 valence electrons. The fourth-order valence-corrected chi connectivity index (χ4v) is 3.57. The van der Waals surface area contributed by atoms with Crippen LogP contribution in [-0.4, -0.2) is 35.8 Å². The maximum absolute atomic E-state index is 11.8. The number of nitrogens with zero attached hydrogens (tertiary/aromatic N) is 1. The van der Waals surface area contributed by atoms with Crippen LogP contribution in [0.5, 0.6) is 0 Å². The van der Waals surface area contributed by atoms with Crippen LogP contribution in [0.4, 0.5) is 0 Å². The minimum atomic E-state index is -0.493. The molecule has 0 atom stereocenters. The largest absolute Gasteiger partial charge is 0.461 e. The Morgan fingerprint density at radius 3 is 2.33 bits per heavy atom. The highest BCUT2D eigenvalue weighted by atomic mass is 16.5. The average Bonchev–Trinajstić information content (AvgIpc) is 2.99. The molecule has 5 nitrogen and oxygen atoms in total. The van der Waals surface area contributed by atoms with Gasteiger partial charge in [0.05, 0.1) is 6.54 Å². The number of rotatable bonds is 6. The molecule has 0 radical (unpaired) electrons. The first-order valence-electron chi connectivity index (χ1n) is 9.51. The van der Waals surface area contributed by atoms with Gasteiger partial charge in [0.15, 0.2) is 0 Å². The second-order valence-corrected chi connectivity index (χ2v) is 7.29. The summed E-state index contributed by atoms with van der Waals surface area (Å²) in [6, 6.07) is 8.32. The van der Waals surface area contributed by atoms with Crippen LogP contribution >= 0.6 is 0 Å². The summed E-state index contributed by atoms with van der Waals surface area (Å²) < 4.78 is 5.05. The average molecular weight is 367 g/mol. The van der Waals surface area contributed by atoms with E-state index in [1.165, 1.54) is 49.5 Å². The lowest BCUT2D eigenvalue weighted by molar-refractivity contribution is -0.143. The van der Waals surface area contributed by atoms with Crippen LogP contribution in [0.25, 0.3) is 6.08 Å². The third-order valence-electron chi connectivity index (χ3n) is 5.30. The Hall–Kier alpha value is -2.69. The summed E-state index contributed by atoms with van der Waals surface area (Å²) in [6.45, 7) is 2.38. The highest BCUT2D eigenvalue weighted by molar-refractivity contribution is 6.12. The van der Waals surface area contributed by atoms with E-state index in [4.69, 9.17) is 4.74 Å². The van der Waals surface area contributed by atoms with E-state index >= 15 is 0 Å². The van der Waals surface area contributed by atoms with Gasteiger partial charge in [0.1, 0.15) is 6.61 Å². The van der Waals surface area contributed by atoms with E-state index in [2.05, 4.69) is 19.1 Å². The van der Waals surface area contributed by atoms with Crippen LogP contribution in [0.3, 0.4) is 0 Å². The molecule has 5 heteroatoms. The first-order chi connectivity index (χ1) is 13.0. The molecule has 0 saturated heterocycles. The number of amides is 2. The number of hydrogen-bond donors (Lipinski definition) is 0. The molecule has 0 unspecified atom stereocenters. The molecule has 1 saturated carbocycles. The summed E-state index contributed by atoms with van der Waals surface area (Å²) >= 11 is 0. The van der Waals surface area contributed by atoms with E-state index in [0.29, 0.717) is 5.92 Å². The summed E-state index contributed by atoms with van der Waals surface area (Å²) in [5.74, 6) is 0.243. The minimum Gasteiger partial charge on any atom is -0.461 e. The van der Waals surface area contributed by atoms with Crippen molar-refractivity contribution in [3.63, 3.8) is 0 Å². The standard InChI is InChI=1S/C22H25NO4/c1-16-2-7-18(8-3-16)19-9-4-17(5-10-19)6-13-22(26)27-15-14-23-20(24)11-12-21(23)25/h4-6,9-13,16,18H,2-3,7-8,14-15H2,1H3/b13-6+. The van der Waals surface area contributed by atoms with Gasteiger partial charge in [0, 0.05) is 18.2 Å². The van der Waals surface area contributed by atoms with Crippen LogP contribution < -0.4 is 0 Å². The smallest absolute Gasteiger partial charge is 0.330 e. The number of imide groups is 1. The molecule has 1 fully saturated rings. The van der Waals surface area contributed by atoms with Crippen LogP contribution in [-0.2, 0) is 19.1 Å². The molecule has 1 aliphatic heterocycles. The van der Waals surface area contributed by atoms with Gasteiger partial charge < -0.3 is 4.74 Å². The van der Waals surface area contributed by atoms with E-state index < -0.39 is 5.97 Å². The third-order valence-corrected chi connectivity index (χ3v) is 5.30. The van der Waals surface area contributed by atoms with E-state index in [-0.39, 0.29) is 25.0 Å². The predicted molar refractivity (Wildman–Crippen MR) is 103 cm³/mol. The van der Waals surface area contributed by atoms with E-state index in [1.54, 1.807) is 6.08 Å². The monoisotopic (exact) mass is 367 g/mol. The lowest BCUT2D eigenvalue weighted by Crippen LogP contribution is -2.33. The summed E-state index contributed by atoms with van der Waals surface area (Å²) in [5, 5.41) is 0. The minimum absolute atomic E-state index is 0.0125. The first kappa shape index (κ1) is 19.1. The predicted octanol–water partition coefficient (Wildman–Crippen LogP) is 3.46. The van der Waals surface area contributed by atoms with E-state index in [1.807, 2.05) is 12.1 Å². The van der Waals surface area contributed by atoms with Crippen molar-refractivity contribution in [2.24, 2.45) is 5.92 Å². The number of hydrogen-bond acceptors (Lipinski definition) is 4. The Labute approximate surface area is 159 Å². The molecule has 3 rings (SSSR count). The molecule has 2 amide bonds. The van der Waals surface area contributed by atoms with Gasteiger partial charge in [-0.15, -0.1) is 0 Å². The molecule has 1 aliphatic carbocycles. The molecule has 0 spiro atoms. The van der Waals surface area contributed by atoms with Gasteiger partial charge in [-0.3, -0.25) is 14.5 Å². The van der Waals surface area contributed by atoms with Crippen molar-refractivity contribution >= 4 is 23.9 Å². The number of benzene rings is 1. The van der Waals surface area contributed by atoms with Crippen molar-refractivity contribution in [3.05, 3.63) is 53.6 Å². The molecule has 0 aromatic heterocycles. The van der Waals surface area contributed by atoms with Crippen molar-refractivity contribution in [1.82, 2.24) is 4.90 Å². The zero-order valence-corrected chi connectivity index (χ0v) is 15.6. The van der Waals surface area contributed by atoms with Crippen LogP contribution in [0.15, 0.2) is 42.5 Å². The van der Waals surface area contributed by atoms with Gasteiger partial charge in [-0.2, -0.15) is 0 Å². The van der Waals surface area contributed by atoms with Crippen LogP contribution in [0, 0.1) is 5.92 Å². The van der Waals surface area contributed by atoms with Crippen molar-refractivity contribution < 1.29 is 19.1 Å². The fourth-order valence-electron chi connectivity index (χ4n) is 3.57. The Balaban J connectivity index is 1.44. The summed E-state index contributed by atoms with van der Waals surface area (Å²) in [7, 11) is 0. The van der Waals surface area contributed by atoms with E-state index in [0.717, 1.165) is 16.4 Å². The van der Waals surface area contributed by atoms with Gasteiger partial charge in [0.2, 0.25) is 0 Å². The molecular formula is C22H25NO4. The van der Waals surface area contributed by atoms with Crippen molar-refractivity contribution in [1.29, 1.82) is 0 Å². The van der Waals surface area contributed by atoms with Gasteiger partial charge in [-0.1, -0.05) is 44.0 Å². The molecular weight excluding hydrogens is 342 g/mol. The Morgan fingerprint density at radius 2 is 1.70 bits per heavy atom. The topological polar surface area (TPSA) is 63.7 Å². The number of carbonyl (C=O) groups excluding carboxylic acids is 3. The molecule has 0 bridgehead atoms. The fraction of sp³-hybridized carbons (Fsp3) is 0.409. The number of ether oxygens (including phenoxy) is 1. The quantitative estimate of drug-likeness (QED) is 0.439. The Morgan fingerprint density at radius 1 is 1.07 bits per heavy atom. The third kappa shape index (κ3) is 5.16. The van der Waals surface area contributed by atoms with Gasteiger partial charge in [-0.05, 0) is 41.9 Å². The van der Waals surface area contributed by atoms with Gasteiger partial charge in [-0.25, -0.2) is 4.79 Å². The number of carbonyl (C=O) groups is 3.